The monoisotopic (exact) mass is 535 g/mol. The predicted octanol–water partition coefficient (Wildman–Crippen LogP) is 9.03. The number of fused-ring (bicyclic) bond motifs is 1. The lowest BCUT2D eigenvalue weighted by molar-refractivity contribution is 0.627. The lowest BCUT2D eigenvalue weighted by Crippen LogP contribution is -2.09. The maximum atomic E-state index is 14.0. The molecule has 0 radical (unpaired) electrons. The summed E-state index contributed by atoms with van der Waals surface area (Å²) in [5.74, 6) is -0.288. The molecule has 0 saturated heterocycles. The molecule has 0 aliphatic rings. The molecule has 0 bridgehead atoms. The molecule has 0 atom stereocenters. The van der Waals surface area contributed by atoms with E-state index in [1.807, 2.05) is 77.1 Å². The second-order valence-electron chi connectivity index (χ2n) is 8.84. The number of hydrogen-bond donors (Lipinski definition) is 3. The molecule has 0 fully saturated rings. The van der Waals surface area contributed by atoms with Crippen LogP contribution in [0.1, 0.15) is 56.6 Å². The topological polar surface area (TPSA) is 69.4 Å². The van der Waals surface area contributed by atoms with Gasteiger partial charge in [0.15, 0.2) is 0 Å². The number of rotatable bonds is 10. The van der Waals surface area contributed by atoms with Gasteiger partial charge in [0.1, 0.15) is 17.0 Å². The second-order valence-corrected chi connectivity index (χ2v) is 8.84. The molecule has 4 rings (SSSR count). The largest absolute Gasteiger partial charge is 0.359 e. The third kappa shape index (κ3) is 6.64. The van der Waals surface area contributed by atoms with Crippen LogP contribution in [0, 0.1) is 12.7 Å². The fourth-order valence-corrected chi connectivity index (χ4v) is 4.24. The summed E-state index contributed by atoms with van der Waals surface area (Å²) in [7, 11) is 0. The molecule has 4 aromatic rings. The molecule has 0 unspecified atom stereocenters. The SMILES string of the molecule is C=C/C=C(/c1cccc(F)c1)c1cc(-c2n[nH]c3ccc(C(/C=C(\C=C)NC(=C)CC)=C/C)nc23)[nH]c1C.CC. The number of hydrogen-bond acceptors (Lipinski definition) is 3. The number of pyridine rings is 1. The average molecular weight is 536 g/mol. The van der Waals surface area contributed by atoms with Crippen LogP contribution in [0.25, 0.3) is 33.6 Å². The Hall–Kier alpha value is -4.71. The first-order chi connectivity index (χ1) is 19.4. The summed E-state index contributed by atoms with van der Waals surface area (Å²) in [6.07, 6.45) is 10.2. The number of aromatic nitrogens is 4. The van der Waals surface area contributed by atoms with E-state index in [-0.39, 0.29) is 5.82 Å². The smallest absolute Gasteiger partial charge is 0.135 e. The molecule has 5 nitrogen and oxygen atoms in total. The standard InChI is InChI=1S/C32H32FN5.C2H6/c1-7-12-26(23-13-11-14-24(33)17-23)27-19-30(35-21(27)6)32-31-29(37-38-32)16-15-28(36-31)22(9-3)18-25(10-4)34-20(5)8-2;1-2/h7,9-19,34-35H,1,4-5,8H2,2-3,6H3,(H,37,38);1-2H3/b22-9+,25-18+,26-12-;. The van der Waals surface area contributed by atoms with Crippen LogP contribution >= 0.6 is 0 Å². The van der Waals surface area contributed by atoms with Crippen molar-refractivity contribution in [3.05, 3.63) is 132 Å². The van der Waals surface area contributed by atoms with Gasteiger partial charge in [-0.1, -0.05) is 70.9 Å². The van der Waals surface area contributed by atoms with E-state index >= 15 is 0 Å². The normalized spacial score (nSPS) is 12.1. The third-order valence-corrected chi connectivity index (χ3v) is 6.27. The molecule has 3 aromatic heterocycles. The Kier molecular flexibility index (Phi) is 10.4. The number of nitrogens with one attached hydrogen (secondary N) is 3. The Labute approximate surface area is 236 Å². The molecule has 206 valence electrons. The summed E-state index contributed by atoms with van der Waals surface area (Å²) in [5.41, 5.74) is 10.1. The fraction of sp³-hybridized carbons (Fsp3) is 0.176. The van der Waals surface area contributed by atoms with Gasteiger partial charge in [-0.05, 0) is 79.5 Å². The molecule has 3 N–H and O–H groups in total. The van der Waals surface area contributed by atoms with Crippen molar-refractivity contribution in [1.82, 2.24) is 25.5 Å². The quantitative estimate of drug-likeness (QED) is 0.177. The minimum atomic E-state index is -0.288. The Bertz CT molecular complexity index is 1610. The van der Waals surface area contributed by atoms with Gasteiger partial charge in [0.2, 0.25) is 0 Å². The van der Waals surface area contributed by atoms with Gasteiger partial charge in [-0.25, -0.2) is 9.37 Å². The summed E-state index contributed by atoms with van der Waals surface area (Å²) < 4.78 is 14.0. The van der Waals surface area contributed by atoms with Crippen LogP contribution in [0.2, 0.25) is 0 Å². The molecule has 0 aliphatic heterocycles. The van der Waals surface area contributed by atoms with E-state index in [9.17, 15) is 4.39 Å². The van der Waals surface area contributed by atoms with Crippen molar-refractivity contribution in [3.8, 4) is 11.4 Å². The minimum absolute atomic E-state index is 0.288. The molecule has 6 heteroatoms. The highest BCUT2D eigenvalue weighted by Crippen LogP contribution is 2.33. The van der Waals surface area contributed by atoms with Gasteiger partial charge >= 0.3 is 0 Å². The van der Waals surface area contributed by atoms with Crippen molar-refractivity contribution >= 4 is 22.2 Å². The maximum Gasteiger partial charge on any atom is 0.135 e. The Morgan fingerprint density at radius 1 is 1.12 bits per heavy atom. The first kappa shape index (κ1) is 29.8. The van der Waals surface area contributed by atoms with E-state index in [0.29, 0.717) is 5.69 Å². The third-order valence-electron chi connectivity index (χ3n) is 6.27. The van der Waals surface area contributed by atoms with Crippen LogP contribution in [-0.4, -0.2) is 20.2 Å². The molecule has 3 heterocycles. The van der Waals surface area contributed by atoms with Gasteiger partial charge in [0.05, 0.1) is 16.9 Å². The van der Waals surface area contributed by atoms with Crippen molar-refractivity contribution in [2.24, 2.45) is 0 Å². The van der Waals surface area contributed by atoms with Gasteiger partial charge < -0.3 is 10.3 Å². The van der Waals surface area contributed by atoms with E-state index in [4.69, 9.17) is 4.98 Å². The number of aromatic amines is 2. The maximum absolute atomic E-state index is 14.0. The highest BCUT2D eigenvalue weighted by molar-refractivity contribution is 5.92. The molecular weight excluding hydrogens is 497 g/mol. The van der Waals surface area contributed by atoms with E-state index in [0.717, 1.165) is 68.2 Å². The zero-order valence-electron chi connectivity index (χ0n) is 24.0. The van der Waals surface area contributed by atoms with Crippen molar-refractivity contribution < 1.29 is 4.39 Å². The zero-order chi connectivity index (χ0) is 29.2. The first-order valence-corrected chi connectivity index (χ1v) is 13.5. The average Bonchev–Trinajstić information content (AvgIpc) is 3.57. The lowest BCUT2D eigenvalue weighted by Gasteiger charge is -2.10. The van der Waals surface area contributed by atoms with Crippen LogP contribution < -0.4 is 5.32 Å². The second kappa shape index (κ2) is 13.9. The Morgan fingerprint density at radius 3 is 2.55 bits per heavy atom. The van der Waals surface area contributed by atoms with Crippen molar-refractivity contribution in [2.75, 3.05) is 0 Å². The highest BCUT2D eigenvalue weighted by Gasteiger charge is 2.17. The predicted molar refractivity (Wildman–Crippen MR) is 168 cm³/mol. The number of nitrogens with zero attached hydrogens (tertiary/aromatic N) is 2. The summed E-state index contributed by atoms with van der Waals surface area (Å²) >= 11 is 0. The highest BCUT2D eigenvalue weighted by atomic mass is 19.1. The van der Waals surface area contributed by atoms with Crippen molar-refractivity contribution in [1.29, 1.82) is 0 Å². The molecule has 0 amide bonds. The molecule has 0 aliphatic carbocycles. The van der Waals surface area contributed by atoms with E-state index in [2.05, 4.69) is 40.2 Å². The minimum Gasteiger partial charge on any atom is -0.359 e. The number of halogens is 1. The molecule has 0 saturated carbocycles. The Balaban J connectivity index is 0.00000216. The Morgan fingerprint density at radius 2 is 1.90 bits per heavy atom. The molecular formula is C34H38FN5. The van der Waals surface area contributed by atoms with E-state index in [1.54, 1.807) is 18.2 Å². The fourth-order valence-electron chi connectivity index (χ4n) is 4.24. The summed E-state index contributed by atoms with van der Waals surface area (Å²) in [6, 6.07) is 12.5. The van der Waals surface area contributed by atoms with Gasteiger partial charge in [-0.2, -0.15) is 5.10 Å². The van der Waals surface area contributed by atoms with Crippen LogP contribution in [0.15, 0.2) is 104 Å². The summed E-state index contributed by atoms with van der Waals surface area (Å²) in [5, 5.41) is 11.0. The zero-order valence-corrected chi connectivity index (χ0v) is 24.0. The van der Waals surface area contributed by atoms with Crippen LogP contribution in [-0.2, 0) is 0 Å². The number of H-pyrrole nitrogens is 2. The van der Waals surface area contributed by atoms with Crippen LogP contribution in [0.3, 0.4) is 0 Å². The van der Waals surface area contributed by atoms with Crippen molar-refractivity contribution in [2.45, 2.75) is 41.0 Å². The van der Waals surface area contributed by atoms with E-state index in [1.165, 1.54) is 12.1 Å². The molecule has 0 spiro atoms. The summed E-state index contributed by atoms with van der Waals surface area (Å²) in [6.45, 7) is 21.8. The van der Waals surface area contributed by atoms with Crippen LogP contribution in [0.4, 0.5) is 4.39 Å². The first-order valence-electron chi connectivity index (χ1n) is 13.5. The molecule has 1 aromatic carbocycles. The van der Waals surface area contributed by atoms with Gasteiger partial charge in [0.25, 0.3) is 0 Å². The number of aryl methyl sites for hydroxylation is 1. The lowest BCUT2D eigenvalue weighted by atomic mass is 9.97. The van der Waals surface area contributed by atoms with Gasteiger partial charge in [-0.15, -0.1) is 0 Å². The van der Waals surface area contributed by atoms with E-state index < -0.39 is 0 Å². The number of allylic oxidation sites excluding steroid dienone is 7. The molecule has 40 heavy (non-hydrogen) atoms. The van der Waals surface area contributed by atoms with Gasteiger partial charge in [-0.3, -0.25) is 5.10 Å². The van der Waals surface area contributed by atoms with Gasteiger partial charge in [0, 0.05) is 22.7 Å². The van der Waals surface area contributed by atoms with Crippen molar-refractivity contribution in [3.63, 3.8) is 0 Å². The van der Waals surface area contributed by atoms with Crippen LogP contribution in [0.5, 0.6) is 0 Å². The summed E-state index contributed by atoms with van der Waals surface area (Å²) in [4.78, 5) is 8.41. The number of benzene rings is 1.